The normalized spacial score (nSPS) is 19.8. The van der Waals surface area contributed by atoms with E-state index in [0.29, 0.717) is 24.1 Å². The second-order valence-electron chi connectivity index (χ2n) is 5.04. The zero-order valence-electron chi connectivity index (χ0n) is 10.9. The maximum atomic E-state index is 12.0. The third kappa shape index (κ3) is 4.46. The zero-order chi connectivity index (χ0) is 14.8. The van der Waals surface area contributed by atoms with E-state index in [1.165, 1.54) is 0 Å². The maximum absolute atomic E-state index is 12.0. The zero-order valence-corrected chi connectivity index (χ0v) is 12.6. The number of hydrogen-bond acceptors (Lipinski definition) is 5. The Labute approximate surface area is 119 Å². The molecule has 0 amide bonds. The minimum absolute atomic E-state index is 0.0437. The van der Waals surface area contributed by atoms with Crippen LogP contribution < -0.4 is 10.5 Å². The minimum Gasteiger partial charge on any atom is -0.399 e. The summed E-state index contributed by atoms with van der Waals surface area (Å²) in [5.41, 5.74) is 6.77. The molecule has 1 aromatic carbocycles. The summed E-state index contributed by atoms with van der Waals surface area (Å²) in [7, 11) is -6.45. The first-order chi connectivity index (χ1) is 9.26. The van der Waals surface area contributed by atoms with Gasteiger partial charge in [0.05, 0.1) is 17.3 Å². The Morgan fingerprint density at radius 3 is 2.25 bits per heavy atom. The quantitative estimate of drug-likeness (QED) is 0.775. The smallest absolute Gasteiger partial charge is 0.216 e. The van der Waals surface area contributed by atoms with Crippen molar-refractivity contribution in [2.24, 2.45) is 0 Å². The van der Waals surface area contributed by atoms with Crippen LogP contribution in [-0.2, 0) is 25.6 Å². The number of benzene rings is 1. The van der Waals surface area contributed by atoms with Gasteiger partial charge in [-0.05, 0) is 30.5 Å². The molecule has 0 saturated carbocycles. The number of nitrogen functional groups attached to an aromatic ring is 1. The summed E-state index contributed by atoms with van der Waals surface area (Å²) in [5.74, 6) is -0.0410. The molecule has 0 bridgehead atoms. The van der Waals surface area contributed by atoms with Crippen LogP contribution in [0.4, 0.5) is 5.69 Å². The number of sulfonamides is 1. The third-order valence-corrected chi connectivity index (χ3v) is 6.36. The van der Waals surface area contributed by atoms with E-state index >= 15 is 0 Å². The average Bonchev–Trinajstić information content (AvgIpc) is 2.34. The number of sulfone groups is 1. The summed E-state index contributed by atoms with van der Waals surface area (Å²) in [5, 5.41) is 0. The highest BCUT2D eigenvalue weighted by Crippen LogP contribution is 2.15. The SMILES string of the molecule is Nc1ccc(CS(=O)(=O)NC2CCS(=O)(=O)CC2)cc1. The lowest BCUT2D eigenvalue weighted by Crippen LogP contribution is -2.41. The topological polar surface area (TPSA) is 106 Å². The fourth-order valence-electron chi connectivity index (χ4n) is 2.14. The Bertz CT molecular complexity index is 652. The van der Waals surface area contributed by atoms with Crippen LogP contribution in [0.15, 0.2) is 24.3 Å². The van der Waals surface area contributed by atoms with Crippen LogP contribution in [-0.4, -0.2) is 34.4 Å². The van der Waals surface area contributed by atoms with E-state index in [1.54, 1.807) is 24.3 Å². The fourth-order valence-corrected chi connectivity index (χ4v) is 5.09. The van der Waals surface area contributed by atoms with Gasteiger partial charge in [0.2, 0.25) is 10.0 Å². The monoisotopic (exact) mass is 318 g/mol. The van der Waals surface area contributed by atoms with Gasteiger partial charge in [0.25, 0.3) is 0 Å². The molecule has 0 unspecified atom stereocenters. The molecule has 3 N–H and O–H groups in total. The van der Waals surface area contributed by atoms with E-state index < -0.39 is 19.9 Å². The highest BCUT2D eigenvalue weighted by Gasteiger charge is 2.26. The summed E-state index contributed by atoms with van der Waals surface area (Å²) >= 11 is 0. The Kier molecular flexibility index (Phi) is 4.36. The molecule has 6 nitrogen and oxygen atoms in total. The number of hydrogen-bond donors (Lipinski definition) is 2. The summed E-state index contributed by atoms with van der Waals surface area (Å²) in [4.78, 5) is 0. The van der Waals surface area contributed by atoms with Gasteiger partial charge in [0, 0.05) is 11.7 Å². The van der Waals surface area contributed by atoms with Crippen LogP contribution in [0, 0.1) is 0 Å². The molecule has 1 fully saturated rings. The van der Waals surface area contributed by atoms with Crippen LogP contribution in [0.2, 0.25) is 0 Å². The number of anilines is 1. The van der Waals surface area contributed by atoms with Crippen molar-refractivity contribution in [3.8, 4) is 0 Å². The number of nitrogens with two attached hydrogens (primary N) is 1. The molecule has 112 valence electrons. The van der Waals surface area contributed by atoms with E-state index in [-0.39, 0.29) is 23.3 Å². The molecule has 1 aliphatic rings. The van der Waals surface area contributed by atoms with Crippen LogP contribution in [0.5, 0.6) is 0 Å². The average molecular weight is 318 g/mol. The maximum Gasteiger partial charge on any atom is 0.216 e. The van der Waals surface area contributed by atoms with Gasteiger partial charge < -0.3 is 5.73 Å². The Morgan fingerprint density at radius 2 is 1.70 bits per heavy atom. The lowest BCUT2D eigenvalue weighted by molar-refractivity contribution is 0.505. The molecule has 0 aliphatic carbocycles. The minimum atomic E-state index is -3.47. The lowest BCUT2D eigenvalue weighted by atomic mass is 10.2. The van der Waals surface area contributed by atoms with Crippen LogP contribution >= 0.6 is 0 Å². The van der Waals surface area contributed by atoms with E-state index in [2.05, 4.69) is 4.72 Å². The highest BCUT2D eigenvalue weighted by molar-refractivity contribution is 7.91. The van der Waals surface area contributed by atoms with Gasteiger partial charge in [0.1, 0.15) is 9.84 Å². The van der Waals surface area contributed by atoms with Crippen molar-refractivity contribution in [2.45, 2.75) is 24.6 Å². The first-order valence-corrected chi connectivity index (χ1v) is 9.78. The van der Waals surface area contributed by atoms with Crippen molar-refractivity contribution in [1.29, 1.82) is 0 Å². The van der Waals surface area contributed by atoms with Crippen molar-refractivity contribution < 1.29 is 16.8 Å². The molecule has 0 aromatic heterocycles. The van der Waals surface area contributed by atoms with Gasteiger partial charge in [0.15, 0.2) is 0 Å². The molecule has 0 spiro atoms. The third-order valence-electron chi connectivity index (χ3n) is 3.24. The van der Waals surface area contributed by atoms with Crippen molar-refractivity contribution in [1.82, 2.24) is 4.72 Å². The standard InChI is InChI=1S/C12H18N2O4S2/c13-11-3-1-10(2-4-11)9-20(17,18)14-12-5-7-19(15,16)8-6-12/h1-4,12,14H,5-9,13H2. The largest absolute Gasteiger partial charge is 0.399 e. The van der Waals surface area contributed by atoms with Gasteiger partial charge >= 0.3 is 0 Å². The molecule has 0 radical (unpaired) electrons. The van der Waals surface area contributed by atoms with Gasteiger partial charge in [-0.2, -0.15) is 0 Å². The first-order valence-electron chi connectivity index (χ1n) is 6.31. The lowest BCUT2D eigenvalue weighted by Gasteiger charge is -2.22. The summed E-state index contributed by atoms with van der Waals surface area (Å²) < 4.78 is 49.2. The summed E-state index contributed by atoms with van der Waals surface area (Å²) in [6.45, 7) is 0. The van der Waals surface area contributed by atoms with E-state index in [4.69, 9.17) is 5.73 Å². The molecule has 20 heavy (non-hydrogen) atoms. The van der Waals surface area contributed by atoms with Crippen LogP contribution in [0.3, 0.4) is 0 Å². The van der Waals surface area contributed by atoms with Gasteiger partial charge in [-0.15, -0.1) is 0 Å². The Balaban J connectivity index is 1.96. The van der Waals surface area contributed by atoms with E-state index in [1.807, 2.05) is 0 Å². The molecule has 0 atom stereocenters. The first kappa shape index (κ1) is 15.3. The molecule has 1 heterocycles. The van der Waals surface area contributed by atoms with Gasteiger partial charge in [-0.1, -0.05) is 12.1 Å². The van der Waals surface area contributed by atoms with Gasteiger partial charge in [-0.25, -0.2) is 21.6 Å². The highest BCUT2D eigenvalue weighted by atomic mass is 32.2. The van der Waals surface area contributed by atoms with Crippen LogP contribution in [0.25, 0.3) is 0 Å². The van der Waals surface area contributed by atoms with Crippen molar-refractivity contribution in [3.63, 3.8) is 0 Å². The number of nitrogens with one attached hydrogen (secondary N) is 1. The molecule has 8 heteroatoms. The molecule has 1 aliphatic heterocycles. The van der Waals surface area contributed by atoms with Crippen molar-refractivity contribution >= 4 is 25.5 Å². The van der Waals surface area contributed by atoms with Crippen molar-refractivity contribution in [3.05, 3.63) is 29.8 Å². The molecule has 2 rings (SSSR count). The Hall–Kier alpha value is -1.12. The van der Waals surface area contributed by atoms with Gasteiger partial charge in [-0.3, -0.25) is 0 Å². The van der Waals surface area contributed by atoms with Crippen molar-refractivity contribution in [2.75, 3.05) is 17.2 Å². The predicted molar refractivity (Wildman–Crippen MR) is 78.3 cm³/mol. The summed E-state index contributed by atoms with van der Waals surface area (Å²) in [6, 6.07) is 6.34. The van der Waals surface area contributed by atoms with E-state index in [0.717, 1.165) is 0 Å². The Morgan fingerprint density at radius 1 is 1.15 bits per heavy atom. The fraction of sp³-hybridized carbons (Fsp3) is 0.500. The molecular weight excluding hydrogens is 300 g/mol. The molecule has 1 aromatic rings. The second-order valence-corrected chi connectivity index (χ2v) is 9.10. The predicted octanol–water partition coefficient (Wildman–Crippen LogP) is 0.265. The number of rotatable bonds is 4. The van der Waals surface area contributed by atoms with Crippen LogP contribution in [0.1, 0.15) is 18.4 Å². The molecule has 1 saturated heterocycles. The van der Waals surface area contributed by atoms with E-state index in [9.17, 15) is 16.8 Å². The summed E-state index contributed by atoms with van der Waals surface area (Å²) in [6.07, 6.45) is 0.673. The second kappa shape index (κ2) is 5.71. The molecular formula is C12H18N2O4S2.